The zero-order valence-corrected chi connectivity index (χ0v) is 14.5. The zero-order chi connectivity index (χ0) is 16.7. The van der Waals surface area contributed by atoms with Gasteiger partial charge in [-0.2, -0.15) is 0 Å². The number of ether oxygens (including phenoxy) is 3. The van der Waals surface area contributed by atoms with E-state index in [2.05, 4.69) is 4.74 Å². The summed E-state index contributed by atoms with van der Waals surface area (Å²) in [5.41, 5.74) is 7.87. The molecule has 0 aliphatic heterocycles. The van der Waals surface area contributed by atoms with Gasteiger partial charge < -0.3 is 19.9 Å². The third-order valence-corrected chi connectivity index (χ3v) is 3.47. The molecule has 0 unspecified atom stereocenters. The lowest BCUT2D eigenvalue weighted by Crippen LogP contribution is -2.16. The molecule has 130 valence electrons. The standard InChI is InChI=1S/C18H21NO4.ClH/c1-21-17-10-14(15(19)11-18(20)22-2)8-9-16(17)23-12-13-6-4-3-5-7-13;/h3-10,15H,11-12,19H2,1-2H3;1H/t15-;/m0./s1. The molecule has 1 atom stereocenters. The summed E-state index contributed by atoms with van der Waals surface area (Å²) < 4.78 is 15.8. The molecular formula is C18H22ClNO4. The number of benzene rings is 2. The molecule has 2 aromatic rings. The monoisotopic (exact) mass is 351 g/mol. The normalized spacial score (nSPS) is 11.1. The van der Waals surface area contributed by atoms with Crippen molar-refractivity contribution in [3.63, 3.8) is 0 Å². The fourth-order valence-corrected chi connectivity index (χ4v) is 2.15. The van der Waals surface area contributed by atoms with E-state index < -0.39 is 6.04 Å². The summed E-state index contributed by atoms with van der Waals surface area (Å²) in [6.07, 6.45) is 0.115. The molecule has 0 aromatic heterocycles. The molecule has 0 saturated carbocycles. The molecule has 0 heterocycles. The summed E-state index contributed by atoms with van der Waals surface area (Å²) in [5.74, 6) is 0.866. The van der Waals surface area contributed by atoms with E-state index in [9.17, 15) is 4.79 Å². The van der Waals surface area contributed by atoms with Crippen LogP contribution >= 0.6 is 12.4 Å². The molecule has 2 aromatic carbocycles. The molecule has 0 aliphatic rings. The molecule has 2 N–H and O–H groups in total. The molecule has 5 nitrogen and oxygen atoms in total. The van der Waals surface area contributed by atoms with Crippen LogP contribution in [-0.2, 0) is 16.1 Å². The van der Waals surface area contributed by atoms with Crippen LogP contribution in [0.2, 0.25) is 0 Å². The zero-order valence-electron chi connectivity index (χ0n) is 13.7. The molecule has 0 fully saturated rings. The van der Waals surface area contributed by atoms with Gasteiger partial charge in [0, 0.05) is 6.04 Å². The van der Waals surface area contributed by atoms with Crippen molar-refractivity contribution in [2.45, 2.75) is 19.1 Å². The molecule has 0 amide bonds. The minimum absolute atomic E-state index is 0. The Hall–Kier alpha value is -2.24. The van der Waals surface area contributed by atoms with Crippen molar-refractivity contribution in [2.24, 2.45) is 5.73 Å². The van der Waals surface area contributed by atoms with E-state index in [1.807, 2.05) is 36.4 Å². The first kappa shape index (κ1) is 19.8. The van der Waals surface area contributed by atoms with E-state index in [1.54, 1.807) is 19.2 Å². The van der Waals surface area contributed by atoms with Crippen molar-refractivity contribution < 1.29 is 19.0 Å². The number of esters is 1. The fraction of sp³-hybridized carbons (Fsp3) is 0.278. The second kappa shape index (κ2) is 9.80. The number of hydrogen-bond acceptors (Lipinski definition) is 5. The van der Waals surface area contributed by atoms with E-state index in [1.165, 1.54) is 7.11 Å². The highest BCUT2D eigenvalue weighted by Crippen LogP contribution is 2.31. The van der Waals surface area contributed by atoms with Crippen LogP contribution in [0.3, 0.4) is 0 Å². The topological polar surface area (TPSA) is 70.8 Å². The summed E-state index contributed by atoms with van der Waals surface area (Å²) in [5, 5.41) is 0. The van der Waals surface area contributed by atoms with Gasteiger partial charge in [-0.05, 0) is 23.3 Å². The highest BCUT2D eigenvalue weighted by Gasteiger charge is 2.15. The molecule has 0 aliphatic carbocycles. The number of halogens is 1. The molecule has 0 bridgehead atoms. The molecule has 0 saturated heterocycles. The first-order valence-corrected chi connectivity index (χ1v) is 7.31. The van der Waals surface area contributed by atoms with Crippen molar-refractivity contribution in [1.29, 1.82) is 0 Å². The third-order valence-electron chi connectivity index (χ3n) is 3.47. The van der Waals surface area contributed by atoms with Gasteiger partial charge in [0.15, 0.2) is 11.5 Å². The molecule has 0 spiro atoms. The van der Waals surface area contributed by atoms with Gasteiger partial charge in [-0.25, -0.2) is 0 Å². The van der Waals surface area contributed by atoms with E-state index in [0.717, 1.165) is 11.1 Å². The maximum Gasteiger partial charge on any atom is 0.307 e. The summed E-state index contributed by atoms with van der Waals surface area (Å²) in [6, 6.07) is 14.8. The number of carbonyl (C=O) groups excluding carboxylic acids is 1. The van der Waals surface area contributed by atoms with Crippen LogP contribution in [0.4, 0.5) is 0 Å². The van der Waals surface area contributed by atoms with Crippen LogP contribution < -0.4 is 15.2 Å². The van der Waals surface area contributed by atoms with Crippen molar-refractivity contribution in [2.75, 3.05) is 14.2 Å². The predicted octanol–water partition coefficient (Wildman–Crippen LogP) is 3.26. The van der Waals surface area contributed by atoms with E-state index in [4.69, 9.17) is 15.2 Å². The van der Waals surface area contributed by atoms with Crippen molar-refractivity contribution >= 4 is 18.4 Å². The summed E-state index contributed by atoms with van der Waals surface area (Å²) in [4.78, 5) is 11.3. The number of methoxy groups -OCH3 is 2. The minimum atomic E-state index is -0.445. The van der Waals surface area contributed by atoms with Gasteiger partial charge >= 0.3 is 5.97 Å². The van der Waals surface area contributed by atoms with Gasteiger partial charge in [-0.1, -0.05) is 36.4 Å². The maximum atomic E-state index is 11.3. The van der Waals surface area contributed by atoms with Gasteiger partial charge in [0.2, 0.25) is 0 Å². The smallest absolute Gasteiger partial charge is 0.307 e. The Morgan fingerprint density at radius 2 is 1.79 bits per heavy atom. The number of hydrogen-bond donors (Lipinski definition) is 1. The van der Waals surface area contributed by atoms with Crippen LogP contribution in [0.5, 0.6) is 11.5 Å². The largest absolute Gasteiger partial charge is 0.493 e. The average molecular weight is 352 g/mol. The Morgan fingerprint density at radius 1 is 1.08 bits per heavy atom. The highest BCUT2D eigenvalue weighted by molar-refractivity contribution is 5.85. The summed E-state index contributed by atoms with van der Waals surface area (Å²) >= 11 is 0. The first-order valence-electron chi connectivity index (χ1n) is 7.31. The van der Waals surface area contributed by atoms with Crippen LogP contribution in [0.15, 0.2) is 48.5 Å². The predicted molar refractivity (Wildman–Crippen MR) is 94.6 cm³/mol. The van der Waals surface area contributed by atoms with Crippen molar-refractivity contribution in [3.8, 4) is 11.5 Å². The lowest BCUT2D eigenvalue weighted by Gasteiger charge is -2.15. The van der Waals surface area contributed by atoms with Crippen LogP contribution in [0.25, 0.3) is 0 Å². The summed E-state index contributed by atoms with van der Waals surface area (Å²) in [6.45, 7) is 0.449. The molecule has 24 heavy (non-hydrogen) atoms. The van der Waals surface area contributed by atoms with E-state index >= 15 is 0 Å². The van der Waals surface area contributed by atoms with Crippen LogP contribution in [0.1, 0.15) is 23.6 Å². The lowest BCUT2D eigenvalue weighted by molar-refractivity contribution is -0.141. The molecule has 2 rings (SSSR count). The number of nitrogens with two attached hydrogens (primary N) is 1. The maximum absolute atomic E-state index is 11.3. The SMILES string of the molecule is COC(=O)C[C@H](N)c1ccc(OCc2ccccc2)c(OC)c1.Cl. The Bertz CT molecular complexity index is 649. The molecular weight excluding hydrogens is 330 g/mol. The highest BCUT2D eigenvalue weighted by atomic mass is 35.5. The third kappa shape index (κ3) is 5.44. The first-order chi connectivity index (χ1) is 11.1. The van der Waals surface area contributed by atoms with Gasteiger partial charge in [0.1, 0.15) is 6.61 Å². The second-order valence-corrected chi connectivity index (χ2v) is 5.07. The Morgan fingerprint density at radius 3 is 2.42 bits per heavy atom. The number of carbonyl (C=O) groups is 1. The van der Waals surface area contributed by atoms with Gasteiger partial charge in [0.05, 0.1) is 20.6 Å². The second-order valence-electron chi connectivity index (χ2n) is 5.07. The minimum Gasteiger partial charge on any atom is -0.493 e. The summed E-state index contributed by atoms with van der Waals surface area (Å²) in [7, 11) is 2.91. The van der Waals surface area contributed by atoms with E-state index in [0.29, 0.717) is 18.1 Å². The molecule has 0 radical (unpaired) electrons. The molecule has 6 heteroatoms. The van der Waals surface area contributed by atoms with E-state index in [-0.39, 0.29) is 24.8 Å². The van der Waals surface area contributed by atoms with Crippen molar-refractivity contribution in [1.82, 2.24) is 0 Å². The lowest BCUT2D eigenvalue weighted by atomic mass is 10.0. The fourth-order valence-electron chi connectivity index (χ4n) is 2.15. The van der Waals surface area contributed by atoms with Crippen molar-refractivity contribution in [3.05, 3.63) is 59.7 Å². The quantitative estimate of drug-likeness (QED) is 0.775. The van der Waals surface area contributed by atoms with Gasteiger partial charge in [0.25, 0.3) is 0 Å². The van der Waals surface area contributed by atoms with Crippen LogP contribution in [0, 0.1) is 0 Å². The Balaban J connectivity index is 0.00000288. The van der Waals surface area contributed by atoms with Gasteiger partial charge in [-0.3, -0.25) is 4.79 Å². The van der Waals surface area contributed by atoms with Gasteiger partial charge in [-0.15, -0.1) is 12.4 Å². The number of rotatable bonds is 7. The van der Waals surface area contributed by atoms with Crippen LogP contribution in [-0.4, -0.2) is 20.2 Å². The Labute approximate surface area is 148 Å². The Kier molecular flexibility index (Phi) is 8.09. The average Bonchev–Trinajstić information content (AvgIpc) is 2.60.